The minimum atomic E-state index is -1.28. The zero-order valence-electron chi connectivity index (χ0n) is 19.9. The summed E-state index contributed by atoms with van der Waals surface area (Å²) in [5.41, 5.74) is -1.28. The number of ether oxygens (including phenoxy) is 6. The van der Waals surface area contributed by atoms with E-state index >= 15 is 0 Å². The zero-order chi connectivity index (χ0) is 27.8. The molecule has 0 N–H and O–H groups in total. The van der Waals surface area contributed by atoms with Crippen LogP contribution in [0.3, 0.4) is 0 Å². The van der Waals surface area contributed by atoms with Gasteiger partial charge in [-0.25, -0.2) is 0 Å². The topological polar surface area (TPSA) is 141 Å². The summed E-state index contributed by atoms with van der Waals surface area (Å²) in [6, 6.07) is 0. The molecule has 0 radical (unpaired) electrons. The SMILES string of the molecule is COCCCCOC(=O)CS.O=C(CS)OCC(COC(=O)CS)(COC(=O)CS)COC(=O)CS. The largest absolute Gasteiger partial charge is 0.465 e. The highest BCUT2D eigenvalue weighted by Gasteiger charge is 2.37. The Morgan fingerprint density at radius 1 is 0.500 bits per heavy atom. The lowest BCUT2D eigenvalue weighted by molar-refractivity contribution is -0.167. The van der Waals surface area contributed by atoms with Crippen LogP contribution in [0.2, 0.25) is 0 Å². The van der Waals surface area contributed by atoms with Crippen LogP contribution < -0.4 is 0 Å². The fourth-order valence-corrected chi connectivity index (χ4v) is 2.40. The second kappa shape index (κ2) is 24.4. The van der Waals surface area contributed by atoms with E-state index in [2.05, 4.69) is 63.1 Å². The van der Waals surface area contributed by atoms with Crippen LogP contribution in [0.5, 0.6) is 0 Å². The van der Waals surface area contributed by atoms with E-state index in [1.807, 2.05) is 0 Å². The van der Waals surface area contributed by atoms with Gasteiger partial charge in [-0.2, -0.15) is 63.1 Å². The lowest BCUT2D eigenvalue weighted by Crippen LogP contribution is -2.44. The van der Waals surface area contributed by atoms with E-state index in [1.54, 1.807) is 7.11 Å². The van der Waals surface area contributed by atoms with Gasteiger partial charge in [0.25, 0.3) is 0 Å². The van der Waals surface area contributed by atoms with Crippen molar-refractivity contribution < 1.29 is 52.4 Å². The Morgan fingerprint density at radius 3 is 1.06 bits per heavy atom. The van der Waals surface area contributed by atoms with Crippen LogP contribution in [0.4, 0.5) is 0 Å². The standard InChI is InChI=1S/C13H20O8S4.C7H14O3S/c14-9(1-22)18-5-13(6-19-10(15)2-23,7-20-11(16)3-24)8-21-12(17)4-25;1-9-4-2-3-5-10-7(8)6-11/h22-25H,1-8H2;11H,2-6H2,1H3. The Labute approximate surface area is 238 Å². The lowest BCUT2D eigenvalue weighted by Gasteiger charge is -2.31. The molecule has 0 atom stereocenters. The smallest absolute Gasteiger partial charge is 0.315 e. The molecular formula is C20H34O11S5. The van der Waals surface area contributed by atoms with E-state index in [0.29, 0.717) is 6.61 Å². The summed E-state index contributed by atoms with van der Waals surface area (Å²) in [7, 11) is 1.65. The lowest BCUT2D eigenvalue weighted by atomic mass is 9.92. The summed E-state index contributed by atoms with van der Waals surface area (Å²) in [6.07, 6.45) is 1.78. The van der Waals surface area contributed by atoms with Crippen molar-refractivity contribution in [2.24, 2.45) is 5.41 Å². The molecule has 0 aromatic rings. The van der Waals surface area contributed by atoms with Crippen LogP contribution in [-0.4, -0.2) is 105 Å². The van der Waals surface area contributed by atoms with Crippen molar-refractivity contribution >= 4 is 93.0 Å². The minimum Gasteiger partial charge on any atom is -0.465 e. The number of hydrogen-bond acceptors (Lipinski definition) is 16. The van der Waals surface area contributed by atoms with E-state index in [-0.39, 0.29) is 61.2 Å². The quantitative estimate of drug-likeness (QED) is 0.0650. The third kappa shape index (κ3) is 21.2. The van der Waals surface area contributed by atoms with Gasteiger partial charge in [-0.05, 0) is 12.8 Å². The molecule has 0 bridgehead atoms. The first kappa shape index (κ1) is 37.2. The number of carbonyl (C=O) groups excluding carboxylic acids is 5. The maximum Gasteiger partial charge on any atom is 0.315 e. The first-order chi connectivity index (χ1) is 17.1. The molecule has 0 aliphatic rings. The number of carbonyl (C=O) groups is 5. The third-order valence-corrected chi connectivity index (χ3v) is 5.10. The van der Waals surface area contributed by atoms with Crippen molar-refractivity contribution in [3.05, 3.63) is 0 Å². The Balaban J connectivity index is 0. The van der Waals surface area contributed by atoms with Crippen LogP contribution in [0.1, 0.15) is 12.8 Å². The Bertz CT molecular complexity index is 578. The molecule has 0 rings (SSSR count). The molecule has 0 aliphatic heterocycles. The van der Waals surface area contributed by atoms with Gasteiger partial charge in [0.15, 0.2) is 0 Å². The van der Waals surface area contributed by atoms with Crippen molar-refractivity contribution in [3.8, 4) is 0 Å². The number of hydrogen-bond donors (Lipinski definition) is 5. The van der Waals surface area contributed by atoms with Crippen LogP contribution in [-0.2, 0) is 52.4 Å². The Morgan fingerprint density at radius 2 is 0.778 bits per heavy atom. The summed E-state index contributed by atoms with van der Waals surface area (Å²) >= 11 is 18.9. The third-order valence-electron chi connectivity index (χ3n) is 3.81. The molecule has 0 amide bonds. The maximum atomic E-state index is 11.4. The van der Waals surface area contributed by atoms with Crippen LogP contribution in [0.25, 0.3) is 0 Å². The summed E-state index contributed by atoms with van der Waals surface area (Å²) in [4.78, 5) is 56.0. The average Bonchev–Trinajstić information content (AvgIpc) is 2.91. The van der Waals surface area contributed by atoms with Crippen molar-refractivity contribution in [1.29, 1.82) is 0 Å². The summed E-state index contributed by atoms with van der Waals surface area (Å²) in [6.45, 7) is -0.114. The van der Waals surface area contributed by atoms with Crippen LogP contribution >= 0.6 is 63.1 Å². The summed E-state index contributed by atoms with van der Waals surface area (Å²) in [5.74, 6) is -3.40. The molecule has 210 valence electrons. The number of unbranched alkanes of at least 4 members (excludes halogenated alkanes) is 1. The summed E-state index contributed by atoms with van der Waals surface area (Å²) in [5, 5.41) is 0. The number of esters is 5. The highest BCUT2D eigenvalue weighted by molar-refractivity contribution is 7.81. The normalized spacial score (nSPS) is 10.4. The maximum absolute atomic E-state index is 11.4. The Hall–Kier alpha value is -0.940. The Kier molecular flexibility index (Phi) is 25.2. The molecule has 0 aliphatic carbocycles. The van der Waals surface area contributed by atoms with Gasteiger partial charge in [-0.1, -0.05) is 0 Å². The van der Waals surface area contributed by atoms with E-state index in [9.17, 15) is 24.0 Å². The van der Waals surface area contributed by atoms with Gasteiger partial charge < -0.3 is 28.4 Å². The van der Waals surface area contributed by atoms with Crippen molar-refractivity contribution in [1.82, 2.24) is 0 Å². The van der Waals surface area contributed by atoms with Crippen LogP contribution in [0.15, 0.2) is 0 Å². The van der Waals surface area contributed by atoms with E-state index in [1.165, 1.54) is 0 Å². The van der Waals surface area contributed by atoms with Gasteiger partial charge in [0.1, 0.15) is 31.8 Å². The molecule has 0 saturated carbocycles. The molecule has 0 unspecified atom stereocenters. The van der Waals surface area contributed by atoms with E-state index < -0.39 is 29.3 Å². The van der Waals surface area contributed by atoms with Crippen molar-refractivity contribution in [2.45, 2.75) is 12.8 Å². The fraction of sp³-hybridized carbons (Fsp3) is 0.750. The van der Waals surface area contributed by atoms with Gasteiger partial charge in [0.2, 0.25) is 0 Å². The van der Waals surface area contributed by atoms with Gasteiger partial charge in [-0.15, -0.1) is 0 Å². The highest BCUT2D eigenvalue weighted by Crippen LogP contribution is 2.22. The van der Waals surface area contributed by atoms with Crippen LogP contribution in [0, 0.1) is 5.41 Å². The van der Waals surface area contributed by atoms with Crippen molar-refractivity contribution in [2.75, 3.05) is 75.5 Å². The molecule has 0 fully saturated rings. The van der Waals surface area contributed by atoms with E-state index in [0.717, 1.165) is 19.4 Å². The van der Waals surface area contributed by atoms with Crippen molar-refractivity contribution in [3.63, 3.8) is 0 Å². The molecule has 0 aromatic carbocycles. The van der Waals surface area contributed by atoms with Gasteiger partial charge in [0.05, 0.1) is 35.4 Å². The molecule has 0 spiro atoms. The fourth-order valence-electron chi connectivity index (χ4n) is 1.95. The molecular weight excluding hydrogens is 577 g/mol. The average molecular weight is 611 g/mol. The van der Waals surface area contributed by atoms with Gasteiger partial charge in [-0.3, -0.25) is 24.0 Å². The van der Waals surface area contributed by atoms with Gasteiger partial charge in [0, 0.05) is 13.7 Å². The zero-order valence-corrected chi connectivity index (χ0v) is 24.4. The minimum absolute atomic E-state index is 0.157. The molecule has 0 saturated heterocycles. The first-order valence-corrected chi connectivity index (χ1v) is 13.6. The molecule has 0 heterocycles. The molecule has 0 aromatic heterocycles. The van der Waals surface area contributed by atoms with E-state index in [4.69, 9.17) is 28.4 Å². The predicted molar refractivity (Wildman–Crippen MR) is 148 cm³/mol. The molecule has 11 nitrogen and oxygen atoms in total. The number of thiol groups is 5. The van der Waals surface area contributed by atoms with Gasteiger partial charge >= 0.3 is 29.8 Å². The second-order valence-corrected chi connectivity index (χ2v) is 8.43. The molecule has 36 heavy (non-hydrogen) atoms. The molecule has 16 heteroatoms. The monoisotopic (exact) mass is 610 g/mol. The summed E-state index contributed by atoms with van der Waals surface area (Å²) < 4.78 is 29.6. The second-order valence-electron chi connectivity index (χ2n) is 6.85. The predicted octanol–water partition coefficient (Wildman–Crippen LogP) is 0.751. The number of rotatable bonds is 18. The highest BCUT2D eigenvalue weighted by atomic mass is 32.1. The first-order valence-electron chi connectivity index (χ1n) is 10.4. The number of methoxy groups -OCH3 is 1.